The molecule has 2 amide bonds. The highest BCUT2D eigenvalue weighted by molar-refractivity contribution is 6.01. The second-order valence-electron chi connectivity index (χ2n) is 6.11. The molecule has 0 bridgehead atoms. The summed E-state index contributed by atoms with van der Waals surface area (Å²) in [5.74, 6) is -0.0636. The summed E-state index contributed by atoms with van der Waals surface area (Å²) in [7, 11) is 0. The minimum atomic E-state index is -0.671. The van der Waals surface area contributed by atoms with E-state index in [0.717, 1.165) is 5.82 Å². The maximum Gasteiger partial charge on any atom is 0.228 e. The van der Waals surface area contributed by atoms with Gasteiger partial charge >= 0.3 is 0 Å². The summed E-state index contributed by atoms with van der Waals surface area (Å²) < 4.78 is 15.3. The minimum absolute atomic E-state index is 0.0175. The van der Waals surface area contributed by atoms with Crippen LogP contribution in [0.4, 0.5) is 10.1 Å². The van der Waals surface area contributed by atoms with Crippen LogP contribution in [0.25, 0.3) is 0 Å². The molecular formula is C17H20FN5O2. The lowest BCUT2D eigenvalue weighted by Crippen LogP contribution is -2.35. The van der Waals surface area contributed by atoms with Gasteiger partial charge in [0.1, 0.15) is 17.5 Å². The van der Waals surface area contributed by atoms with Crippen LogP contribution in [0.3, 0.4) is 0 Å². The minimum Gasteiger partial charge on any atom is -0.355 e. The quantitative estimate of drug-likeness (QED) is 0.807. The van der Waals surface area contributed by atoms with Gasteiger partial charge in [-0.15, -0.1) is 0 Å². The third-order valence-corrected chi connectivity index (χ3v) is 4.18. The van der Waals surface area contributed by atoms with Crippen molar-refractivity contribution in [3.05, 3.63) is 41.2 Å². The SMILES string of the molecule is Cc1nc(C)n(CCCNC(=O)[C@H]2CC(=O)Nc3ccc(F)cc32)n1. The van der Waals surface area contributed by atoms with E-state index in [1.54, 1.807) is 4.68 Å². The standard InChI is InChI=1S/C17H20FN5O2/c1-10-20-11(2)23(22-10)7-3-6-19-17(25)14-9-16(24)21-15-5-4-12(18)8-13(14)15/h4-5,8,14H,3,6-7,9H2,1-2H3,(H,19,25)(H,21,24)/t14-/m0/s1. The van der Waals surface area contributed by atoms with Gasteiger partial charge in [-0.25, -0.2) is 9.37 Å². The monoisotopic (exact) mass is 345 g/mol. The van der Waals surface area contributed by atoms with Crippen LogP contribution in [0.2, 0.25) is 0 Å². The van der Waals surface area contributed by atoms with Crippen molar-refractivity contribution in [3.8, 4) is 0 Å². The Morgan fingerprint density at radius 2 is 2.24 bits per heavy atom. The van der Waals surface area contributed by atoms with Gasteiger partial charge in [0.25, 0.3) is 0 Å². The van der Waals surface area contributed by atoms with Gasteiger partial charge < -0.3 is 10.6 Å². The highest BCUT2D eigenvalue weighted by Gasteiger charge is 2.30. The lowest BCUT2D eigenvalue weighted by Gasteiger charge is -2.24. The number of amides is 2. The van der Waals surface area contributed by atoms with E-state index >= 15 is 0 Å². The molecule has 7 nitrogen and oxygen atoms in total. The molecule has 8 heteroatoms. The van der Waals surface area contributed by atoms with Gasteiger partial charge in [0, 0.05) is 25.2 Å². The summed E-state index contributed by atoms with van der Waals surface area (Å²) in [5, 5.41) is 9.76. The first kappa shape index (κ1) is 17.1. The van der Waals surface area contributed by atoms with Crippen molar-refractivity contribution in [2.45, 2.75) is 39.2 Å². The van der Waals surface area contributed by atoms with Crippen molar-refractivity contribution in [1.82, 2.24) is 20.1 Å². The Morgan fingerprint density at radius 3 is 2.96 bits per heavy atom. The normalized spacial score (nSPS) is 16.3. The van der Waals surface area contributed by atoms with Crippen molar-refractivity contribution >= 4 is 17.5 Å². The zero-order valence-corrected chi connectivity index (χ0v) is 14.2. The highest BCUT2D eigenvalue weighted by Crippen LogP contribution is 2.32. The Labute approximate surface area is 144 Å². The van der Waals surface area contributed by atoms with Gasteiger partial charge in [-0.3, -0.25) is 14.3 Å². The zero-order chi connectivity index (χ0) is 18.0. The number of nitrogens with one attached hydrogen (secondary N) is 2. The number of rotatable bonds is 5. The molecular weight excluding hydrogens is 325 g/mol. The number of carbonyl (C=O) groups is 2. The number of hydrogen-bond donors (Lipinski definition) is 2. The van der Waals surface area contributed by atoms with E-state index < -0.39 is 11.7 Å². The molecule has 1 aromatic carbocycles. The molecule has 25 heavy (non-hydrogen) atoms. The maximum absolute atomic E-state index is 13.5. The first-order chi connectivity index (χ1) is 11.9. The molecule has 1 aliphatic heterocycles. The second-order valence-corrected chi connectivity index (χ2v) is 6.11. The van der Waals surface area contributed by atoms with Crippen LogP contribution in [0.1, 0.15) is 36.0 Å². The molecule has 2 aromatic rings. The van der Waals surface area contributed by atoms with E-state index in [9.17, 15) is 14.0 Å². The van der Waals surface area contributed by atoms with Crippen LogP contribution >= 0.6 is 0 Å². The lowest BCUT2D eigenvalue weighted by molar-refractivity contribution is -0.126. The van der Waals surface area contributed by atoms with E-state index in [0.29, 0.717) is 36.6 Å². The zero-order valence-electron chi connectivity index (χ0n) is 14.2. The van der Waals surface area contributed by atoms with Gasteiger partial charge in [0.15, 0.2) is 0 Å². The molecule has 0 saturated carbocycles. The Morgan fingerprint density at radius 1 is 1.44 bits per heavy atom. The van der Waals surface area contributed by atoms with Gasteiger partial charge in [-0.05, 0) is 44.0 Å². The van der Waals surface area contributed by atoms with E-state index in [2.05, 4.69) is 20.7 Å². The fourth-order valence-corrected chi connectivity index (χ4v) is 3.00. The van der Waals surface area contributed by atoms with Crippen LogP contribution in [-0.2, 0) is 16.1 Å². The average Bonchev–Trinajstić information content (AvgIpc) is 2.88. The van der Waals surface area contributed by atoms with Crippen molar-refractivity contribution in [2.24, 2.45) is 0 Å². The molecule has 1 atom stereocenters. The number of fused-ring (bicyclic) bond motifs is 1. The van der Waals surface area contributed by atoms with Crippen LogP contribution < -0.4 is 10.6 Å². The number of aryl methyl sites for hydroxylation is 3. The predicted molar refractivity (Wildman–Crippen MR) is 89.5 cm³/mol. The van der Waals surface area contributed by atoms with E-state index in [-0.39, 0.29) is 18.2 Å². The predicted octanol–water partition coefficient (Wildman–Crippen LogP) is 1.67. The summed E-state index contributed by atoms with van der Waals surface area (Å²) in [6.45, 7) is 4.80. The van der Waals surface area contributed by atoms with Crippen molar-refractivity contribution in [2.75, 3.05) is 11.9 Å². The van der Waals surface area contributed by atoms with Crippen molar-refractivity contribution < 1.29 is 14.0 Å². The fourth-order valence-electron chi connectivity index (χ4n) is 3.00. The maximum atomic E-state index is 13.5. The molecule has 1 aromatic heterocycles. The third kappa shape index (κ3) is 3.84. The third-order valence-electron chi connectivity index (χ3n) is 4.18. The molecule has 3 rings (SSSR count). The Kier molecular flexibility index (Phi) is 4.78. The average molecular weight is 345 g/mol. The van der Waals surface area contributed by atoms with Gasteiger partial charge in [-0.1, -0.05) is 0 Å². The number of halogens is 1. The van der Waals surface area contributed by atoms with Crippen LogP contribution in [0, 0.1) is 19.7 Å². The van der Waals surface area contributed by atoms with Crippen LogP contribution in [-0.4, -0.2) is 33.1 Å². The lowest BCUT2D eigenvalue weighted by atomic mass is 9.89. The largest absolute Gasteiger partial charge is 0.355 e. The summed E-state index contributed by atoms with van der Waals surface area (Å²) in [4.78, 5) is 28.5. The van der Waals surface area contributed by atoms with Crippen molar-refractivity contribution in [1.29, 1.82) is 0 Å². The summed E-state index contributed by atoms with van der Waals surface area (Å²) in [6.07, 6.45) is 0.702. The van der Waals surface area contributed by atoms with Gasteiger partial charge in [0.05, 0.1) is 5.92 Å². The molecule has 2 heterocycles. The Balaban J connectivity index is 1.59. The van der Waals surface area contributed by atoms with Crippen LogP contribution in [0.15, 0.2) is 18.2 Å². The van der Waals surface area contributed by atoms with E-state index in [1.807, 2.05) is 13.8 Å². The molecule has 132 valence electrons. The molecule has 1 aliphatic rings. The van der Waals surface area contributed by atoms with Crippen molar-refractivity contribution in [3.63, 3.8) is 0 Å². The summed E-state index contributed by atoms with van der Waals surface area (Å²) >= 11 is 0. The molecule has 0 radical (unpaired) electrons. The first-order valence-electron chi connectivity index (χ1n) is 8.19. The molecule has 0 spiro atoms. The van der Waals surface area contributed by atoms with Gasteiger partial charge in [0.2, 0.25) is 11.8 Å². The molecule has 0 fully saturated rings. The number of benzene rings is 1. The first-order valence-corrected chi connectivity index (χ1v) is 8.19. The fraction of sp³-hybridized carbons (Fsp3) is 0.412. The molecule has 0 saturated heterocycles. The Bertz CT molecular complexity index is 817. The highest BCUT2D eigenvalue weighted by atomic mass is 19.1. The Hall–Kier alpha value is -2.77. The summed E-state index contributed by atoms with van der Waals surface area (Å²) in [6, 6.07) is 4.06. The molecule has 0 aliphatic carbocycles. The number of anilines is 1. The molecule has 0 unspecified atom stereocenters. The topological polar surface area (TPSA) is 88.9 Å². The van der Waals surface area contributed by atoms with Gasteiger partial charge in [-0.2, -0.15) is 5.10 Å². The number of hydrogen-bond acceptors (Lipinski definition) is 4. The number of nitrogens with zero attached hydrogens (tertiary/aromatic N) is 3. The number of aromatic nitrogens is 3. The van der Waals surface area contributed by atoms with E-state index in [1.165, 1.54) is 18.2 Å². The van der Waals surface area contributed by atoms with E-state index in [4.69, 9.17) is 0 Å². The number of carbonyl (C=O) groups excluding carboxylic acids is 2. The summed E-state index contributed by atoms with van der Waals surface area (Å²) in [5.41, 5.74) is 1.01. The smallest absolute Gasteiger partial charge is 0.228 e. The molecule has 2 N–H and O–H groups in total. The second kappa shape index (κ2) is 7.00. The van der Waals surface area contributed by atoms with Crippen LogP contribution in [0.5, 0.6) is 0 Å².